The van der Waals surface area contributed by atoms with Crippen molar-refractivity contribution in [1.82, 2.24) is 9.88 Å². The van der Waals surface area contributed by atoms with Crippen LogP contribution in [0, 0.1) is 13.8 Å². The number of carbonyl (C=O) groups excluding carboxylic acids is 1. The van der Waals surface area contributed by atoms with Gasteiger partial charge in [0.15, 0.2) is 0 Å². The minimum absolute atomic E-state index is 0.0533. The fraction of sp³-hybridized carbons (Fsp3) is 0.294. The summed E-state index contributed by atoms with van der Waals surface area (Å²) in [5, 5.41) is 9.94. The van der Waals surface area contributed by atoms with E-state index in [9.17, 15) is 9.90 Å². The molecule has 0 saturated heterocycles. The van der Waals surface area contributed by atoms with Crippen LogP contribution in [0.4, 0.5) is 0 Å². The first-order chi connectivity index (χ1) is 10.8. The minimum Gasteiger partial charge on any atom is -0.507 e. The summed E-state index contributed by atoms with van der Waals surface area (Å²) in [5.41, 5.74) is 2.88. The first kappa shape index (κ1) is 17.3. The first-order valence-corrected chi connectivity index (χ1v) is 7.87. The van der Waals surface area contributed by atoms with E-state index in [1.165, 1.54) is 11.0 Å². The van der Waals surface area contributed by atoms with Gasteiger partial charge < -0.3 is 14.7 Å². The monoisotopic (exact) mass is 378 g/mol. The van der Waals surface area contributed by atoms with Crippen LogP contribution < -0.4 is 4.74 Å². The number of aryl methyl sites for hydroxylation is 1. The largest absolute Gasteiger partial charge is 0.507 e. The molecule has 0 bridgehead atoms. The molecule has 0 unspecified atom stereocenters. The number of benzene rings is 1. The van der Waals surface area contributed by atoms with E-state index in [4.69, 9.17) is 4.74 Å². The van der Waals surface area contributed by atoms with Crippen molar-refractivity contribution in [2.24, 2.45) is 0 Å². The van der Waals surface area contributed by atoms with Crippen molar-refractivity contribution < 1.29 is 14.6 Å². The average molecular weight is 379 g/mol. The number of ether oxygens (including phenoxy) is 1. The Morgan fingerprint density at radius 3 is 2.70 bits per heavy atom. The van der Waals surface area contributed by atoms with Gasteiger partial charge in [-0.3, -0.25) is 9.78 Å². The fourth-order valence-corrected chi connectivity index (χ4v) is 2.77. The number of phenolic OH excluding ortho intramolecular Hbond substituents is 1. The van der Waals surface area contributed by atoms with Crippen molar-refractivity contribution in [2.45, 2.75) is 20.4 Å². The lowest BCUT2D eigenvalue weighted by molar-refractivity contribution is 0.0780. The highest BCUT2D eigenvalue weighted by Crippen LogP contribution is 2.26. The molecule has 2 aromatic rings. The van der Waals surface area contributed by atoms with Crippen LogP contribution in [0.5, 0.6) is 11.5 Å². The van der Waals surface area contributed by atoms with Gasteiger partial charge in [-0.25, -0.2) is 0 Å². The van der Waals surface area contributed by atoms with Crippen LogP contribution in [0.25, 0.3) is 0 Å². The van der Waals surface area contributed by atoms with Gasteiger partial charge >= 0.3 is 0 Å². The number of nitrogens with zero attached hydrogens (tertiary/aromatic N) is 2. The zero-order chi connectivity index (χ0) is 17.1. The SMILES string of the molecule is COc1c(C)cnc(CN(C)C(=O)c2ccc(Br)cc2O)c1C. The molecule has 0 spiro atoms. The van der Waals surface area contributed by atoms with Crippen molar-refractivity contribution in [2.75, 3.05) is 14.2 Å². The van der Waals surface area contributed by atoms with Crippen LogP contribution in [0.1, 0.15) is 27.2 Å². The van der Waals surface area contributed by atoms with E-state index in [1.807, 2.05) is 13.8 Å². The van der Waals surface area contributed by atoms with E-state index < -0.39 is 0 Å². The third kappa shape index (κ3) is 3.64. The minimum atomic E-state index is -0.268. The Labute approximate surface area is 144 Å². The van der Waals surface area contributed by atoms with Gasteiger partial charge in [-0.15, -0.1) is 0 Å². The highest BCUT2D eigenvalue weighted by atomic mass is 79.9. The Kier molecular flexibility index (Phi) is 5.26. The lowest BCUT2D eigenvalue weighted by atomic mass is 10.1. The standard InChI is InChI=1S/C17H19BrN2O3/c1-10-8-19-14(11(2)16(10)23-4)9-20(3)17(22)13-6-5-12(18)7-15(13)21/h5-8,21H,9H2,1-4H3. The van der Waals surface area contributed by atoms with Crippen molar-refractivity contribution in [3.05, 3.63) is 51.3 Å². The second-order valence-corrected chi connectivity index (χ2v) is 6.28. The summed E-state index contributed by atoms with van der Waals surface area (Å²) >= 11 is 3.26. The number of aromatic nitrogens is 1. The van der Waals surface area contributed by atoms with Crippen LogP contribution in [0.2, 0.25) is 0 Å². The zero-order valence-electron chi connectivity index (χ0n) is 13.6. The summed E-state index contributed by atoms with van der Waals surface area (Å²) in [6, 6.07) is 4.81. The van der Waals surface area contributed by atoms with Gasteiger partial charge in [0.05, 0.1) is 24.9 Å². The zero-order valence-corrected chi connectivity index (χ0v) is 15.1. The van der Waals surface area contributed by atoms with E-state index in [0.717, 1.165) is 27.0 Å². The van der Waals surface area contributed by atoms with Gasteiger partial charge in [0, 0.05) is 28.8 Å². The van der Waals surface area contributed by atoms with Crippen molar-refractivity contribution in [1.29, 1.82) is 0 Å². The van der Waals surface area contributed by atoms with Crippen molar-refractivity contribution >= 4 is 21.8 Å². The first-order valence-electron chi connectivity index (χ1n) is 7.08. The van der Waals surface area contributed by atoms with Crippen molar-refractivity contribution in [3.63, 3.8) is 0 Å². The average Bonchev–Trinajstić information content (AvgIpc) is 2.50. The molecule has 1 amide bonds. The Morgan fingerprint density at radius 2 is 2.09 bits per heavy atom. The third-order valence-electron chi connectivity index (χ3n) is 3.67. The molecular formula is C17H19BrN2O3. The van der Waals surface area contributed by atoms with Crippen LogP contribution in [0.15, 0.2) is 28.9 Å². The number of phenols is 1. The number of rotatable bonds is 4. The van der Waals surface area contributed by atoms with Crippen LogP contribution >= 0.6 is 15.9 Å². The molecule has 6 heteroatoms. The smallest absolute Gasteiger partial charge is 0.257 e. The van der Waals surface area contributed by atoms with E-state index in [-0.39, 0.29) is 17.2 Å². The normalized spacial score (nSPS) is 10.5. The molecule has 0 atom stereocenters. The van der Waals surface area contributed by atoms with Crippen LogP contribution in [-0.2, 0) is 6.54 Å². The summed E-state index contributed by atoms with van der Waals surface area (Å²) < 4.78 is 6.10. The van der Waals surface area contributed by atoms with Gasteiger partial charge in [0.25, 0.3) is 5.91 Å². The molecule has 1 N–H and O–H groups in total. The molecule has 1 aromatic heterocycles. The Balaban J connectivity index is 2.25. The van der Waals surface area contributed by atoms with E-state index in [2.05, 4.69) is 20.9 Å². The fourth-order valence-electron chi connectivity index (χ4n) is 2.42. The van der Waals surface area contributed by atoms with Gasteiger partial charge in [-0.2, -0.15) is 0 Å². The van der Waals surface area contributed by atoms with Gasteiger partial charge in [-0.05, 0) is 32.0 Å². The number of amides is 1. The predicted molar refractivity (Wildman–Crippen MR) is 91.9 cm³/mol. The molecule has 0 aliphatic rings. The van der Waals surface area contributed by atoms with Crippen molar-refractivity contribution in [3.8, 4) is 11.5 Å². The summed E-state index contributed by atoms with van der Waals surface area (Å²) in [6.07, 6.45) is 1.73. The molecular weight excluding hydrogens is 360 g/mol. The Bertz CT molecular complexity index is 747. The quantitative estimate of drug-likeness (QED) is 0.884. The molecule has 122 valence electrons. The topological polar surface area (TPSA) is 62.7 Å². The predicted octanol–water partition coefficient (Wildman–Crippen LogP) is 3.45. The molecule has 2 rings (SSSR count). The highest BCUT2D eigenvalue weighted by molar-refractivity contribution is 9.10. The van der Waals surface area contributed by atoms with E-state index in [1.54, 1.807) is 32.5 Å². The van der Waals surface area contributed by atoms with Gasteiger partial charge in [0.2, 0.25) is 0 Å². The van der Waals surface area contributed by atoms with Gasteiger partial charge in [-0.1, -0.05) is 15.9 Å². The number of halogens is 1. The van der Waals surface area contributed by atoms with E-state index >= 15 is 0 Å². The molecule has 0 fully saturated rings. The molecule has 0 aliphatic carbocycles. The number of methoxy groups -OCH3 is 1. The second-order valence-electron chi connectivity index (χ2n) is 5.37. The summed E-state index contributed by atoms with van der Waals surface area (Å²) in [7, 11) is 3.30. The maximum Gasteiger partial charge on any atom is 0.257 e. The molecule has 23 heavy (non-hydrogen) atoms. The molecule has 0 aliphatic heterocycles. The summed E-state index contributed by atoms with van der Waals surface area (Å²) in [4.78, 5) is 18.4. The highest BCUT2D eigenvalue weighted by Gasteiger charge is 2.18. The number of hydrogen-bond acceptors (Lipinski definition) is 4. The van der Waals surface area contributed by atoms with Gasteiger partial charge in [0.1, 0.15) is 11.5 Å². The lowest BCUT2D eigenvalue weighted by Gasteiger charge is -2.20. The molecule has 5 nitrogen and oxygen atoms in total. The maximum absolute atomic E-state index is 12.5. The second kappa shape index (κ2) is 7.00. The van der Waals surface area contributed by atoms with E-state index in [0.29, 0.717) is 6.54 Å². The molecule has 0 radical (unpaired) electrons. The maximum atomic E-state index is 12.5. The number of hydrogen-bond donors (Lipinski definition) is 1. The Hall–Kier alpha value is -2.08. The molecule has 0 saturated carbocycles. The summed E-state index contributed by atoms with van der Waals surface area (Å²) in [6.45, 7) is 4.18. The lowest BCUT2D eigenvalue weighted by Crippen LogP contribution is -2.27. The molecule has 1 aromatic carbocycles. The number of aromatic hydroxyl groups is 1. The molecule has 1 heterocycles. The number of pyridine rings is 1. The Morgan fingerprint density at radius 1 is 1.39 bits per heavy atom. The number of carbonyl (C=O) groups is 1. The van der Waals surface area contributed by atoms with Crippen LogP contribution in [0.3, 0.4) is 0 Å². The third-order valence-corrected chi connectivity index (χ3v) is 4.17. The summed E-state index contributed by atoms with van der Waals surface area (Å²) in [5.74, 6) is 0.459. The van der Waals surface area contributed by atoms with Crippen LogP contribution in [-0.4, -0.2) is 35.1 Å².